The summed E-state index contributed by atoms with van der Waals surface area (Å²) in [5.74, 6) is 0. The molecule has 0 bridgehead atoms. The lowest BCUT2D eigenvalue weighted by Crippen LogP contribution is -1.89. The molecular weight excluding hydrogens is 480 g/mol. The van der Waals surface area contributed by atoms with Crippen molar-refractivity contribution in [1.29, 1.82) is 0 Å². The molecule has 40 heavy (non-hydrogen) atoms. The van der Waals surface area contributed by atoms with Gasteiger partial charge in [-0.1, -0.05) is 121 Å². The molecule has 0 atom stereocenters. The Balaban J connectivity index is 1.40. The maximum absolute atomic E-state index is 2.39. The lowest BCUT2D eigenvalue weighted by molar-refractivity contribution is 1.63. The van der Waals surface area contributed by atoms with Gasteiger partial charge in [0.2, 0.25) is 0 Å². The van der Waals surface area contributed by atoms with Gasteiger partial charge in [0.05, 0.1) is 0 Å². The van der Waals surface area contributed by atoms with E-state index >= 15 is 0 Å². The van der Waals surface area contributed by atoms with E-state index in [2.05, 4.69) is 158 Å². The molecule has 0 heteroatoms. The second-order valence-electron chi connectivity index (χ2n) is 10.6. The first-order chi connectivity index (χ1) is 19.8. The van der Waals surface area contributed by atoms with Crippen molar-refractivity contribution in [3.05, 3.63) is 158 Å². The summed E-state index contributed by atoms with van der Waals surface area (Å²) >= 11 is 0. The summed E-state index contributed by atoms with van der Waals surface area (Å²) in [6.07, 6.45) is 0. The van der Waals surface area contributed by atoms with E-state index < -0.39 is 0 Å². The van der Waals surface area contributed by atoms with E-state index in [-0.39, 0.29) is 0 Å². The molecule has 0 heterocycles. The van der Waals surface area contributed by atoms with Crippen molar-refractivity contribution < 1.29 is 0 Å². The van der Waals surface area contributed by atoms with Crippen molar-refractivity contribution >= 4 is 43.1 Å². The molecule has 0 aromatic heterocycles. The summed E-state index contributed by atoms with van der Waals surface area (Å²) in [7, 11) is 0. The van der Waals surface area contributed by atoms with Gasteiger partial charge in [0.15, 0.2) is 0 Å². The topological polar surface area (TPSA) is 0 Å². The minimum Gasteiger partial charge on any atom is -0.0616 e. The van der Waals surface area contributed by atoms with Crippen molar-refractivity contribution in [3.63, 3.8) is 0 Å². The molecule has 8 aromatic rings. The summed E-state index contributed by atoms with van der Waals surface area (Å²) in [5.41, 5.74) is 7.47. The molecule has 186 valence electrons. The molecule has 0 unspecified atom stereocenters. The maximum Gasteiger partial charge on any atom is -0.00928 e. The number of fused-ring (bicyclic) bond motifs is 4. The zero-order valence-electron chi connectivity index (χ0n) is 22.0. The molecule has 0 fully saturated rings. The molecule has 0 N–H and O–H groups in total. The highest BCUT2D eigenvalue weighted by atomic mass is 14.2. The van der Waals surface area contributed by atoms with Crippen molar-refractivity contribution in [2.45, 2.75) is 0 Å². The third-order valence-electron chi connectivity index (χ3n) is 8.18. The minimum absolute atomic E-state index is 1.24. The van der Waals surface area contributed by atoms with Gasteiger partial charge < -0.3 is 0 Å². The van der Waals surface area contributed by atoms with Gasteiger partial charge >= 0.3 is 0 Å². The fraction of sp³-hybridized carbons (Fsp3) is 0. The van der Waals surface area contributed by atoms with Crippen molar-refractivity contribution in [2.75, 3.05) is 0 Å². The number of rotatable bonds is 3. The first-order valence-electron chi connectivity index (χ1n) is 13.8. The highest BCUT2D eigenvalue weighted by Gasteiger charge is 2.14. The summed E-state index contributed by atoms with van der Waals surface area (Å²) in [6, 6.07) is 57.8. The van der Waals surface area contributed by atoms with Crippen LogP contribution in [0.3, 0.4) is 0 Å². The fourth-order valence-corrected chi connectivity index (χ4v) is 6.14. The number of hydrogen-bond acceptors (Lipinski definition) is 0. The monoisotopic (exact) mass is 506 g/mol. The van der Waals surface area contributed by atoms with Crippen molar-refractivity contribution in [3.8, 4) is 33.4 Å². The molecule has 0 radical (unpaired) electrons. The summed E-state index contributed by atoms with van der Waals surface area (Å²) in [6.45, 7) is 0. The molecule has 0 nitrogen and oxygen atoms in total. The molecular formula is C40H26. The molecule has 8 aromatic carbocycles. The summed E-state index contributed by atoms with van der Waals surface area (Å²) in [5, 5.41) is 10.1. The number of hydrogen-bond donors (Lipinski definition) is 0. The third kappa shape index (κ3) is 3.85. The lowest BCUT2D eigenvalue weighted by Gasteiger charge is -2.16. The highest BCUT2D eigenvalue weighted by molar-refractivity contribution is 6.09. The summed E-state index contributed by atoms with van der Waals surface area (Å²) < 4.78 is 0. The van der Waals surface area contributed by atoms with E-state index in [9.17, 15) is 0 Å². The Morgan fingerprint density at radius 1 is 0.225 bits per heavy atom. The second kappa shape index (κ2) is 9.22. The van der Waals surface area contributed by atoms with Crippen LogP contribution in [0.15, 0.2) is 158 Å². The van der Waals surface area contributed by atoms with Crippen LogP contribution >= 0.6 is 0 Å². The SMILES string of the molecule is c1ccc2cc(-c3cc(-c4cc(-c5ccc6ccccc6c5)cc5ccccc45)c4ccccc4c3)ccc2c1. The van der Waals surface area contributed by atoms with Crippen LogP contribution in [-0.2, 0) is 0 Å². The van der Waals surface area contributed by atoms with E-state index in [4.69, 9.17) is 0 Å². The smallest absolute Gasteiger partial charge is 0.00928 e. The van der Waals surface area contributed by atoms with E-state index in [1.807, 2.05) is 0 Å². The quantitative estimate of drug-likeness (QED) is 0.223. The van der Waals surface area contributed by atoms with Gasteiger partial charge in [0.1, 0.15) is 0 Å². The molecule has 0 aliphatic carbocycles. The van der Waals surface area contributed by atoms with Crippen LogP contribution < -0.4 is 0 Å². The van der Waals surface area contributed by atoms with E-state index in [1.165, 1.54) is 76.5 Å². The Kier molecular flexibility index (Phi) is 5.24. The first kappa shape index (κ1) is 22.8. The average molecular weight is 507 g/mol. The van der Waals surface area contributed by atoms with Crippen LogP contribution in [0.2, 0.25) is 0 Å². The standard InChI is InChI=1S/C40H26/c1-3-11-29-21-31(19-17-27(29)9-1)35-23-33-13-5-7-15-37(33)39(25-35)40-26-36(24-34-14-6-8-16-38(34)40)32-20-18-28-10-2-4-12-30(28)22-32/h1-26H. The molecule has 0 aliphatic heterocycles. The van der Waals surface area contributed by atoms with Crippen LogP contribution in [0.1, 0.15) is 0 Å². The fourth-order valence-electron chi connectivity index (χ4n) is 6.14. The van der Waals surface area contributed by atoms with Crippen LogP contribution in [0.25, 0.3) is 76.5 Å². The van der Waals surface area contributed by atoms with E-state index in [0.29, 0.717) is 0 Å². The predicted octanol–water partition coefficient (Wildman–Crippen LogP) is 11.3. The molecule has 0 saturated carbocycles. The van der Waals surface area contributed by atoms with Gasteiger partial charge in [-0.3, -0.25) is 0 Å². The Morgan fingerprint density at radius 3 is 1.02 bits per heavy atom. The van der Waals surface area contributed by atoms with Gasteiger partial charge in [0.25, 0.3) is 0 Å². The maximum atomic E-state index is 2.39. The molecule has 8 rings (SSSR count). The van der Waals surface area contributed by atoms with Gasteiger partial charge in [-0.2, -0.15) is 0 Å². The van der Waals surface area contributed by atoms with Gasteiger partial charge in [-0.05, 0) is 113 Å². The minimum atomic E-state index is 1.24. The van der Waals surface area contributed by atoms with Crippen LogP contribution in [0.4, 0.5) is 0 Å². The number of benzene rings is 8. The van der Waals surface area contributed by atoms with Crippen LogP contribution in [-0.4, -0.2) is 0 Å². The highest BCUT2D eigenvalue weighted by Crippen LogP contribution is 2.40. The van der Waals surface area contributed by atoms with E-state index in [1.54, 1.807) is 0 Å². The zero-order valence-corrected chi connectivity index (χ0v) is 22.0. The van der Waals surface area contributed by atoms with Gasteiger partial charge in [-0.25, -0.2) is 0 Å². The predicted molar refractivity (Wildman–Crippen MR) is 173 cm³/mol. The molecule has 0 spiro atoms. The Labute approximate surface area is 233 Å². The average Bonchev–Trinajstić information content (AvgIpc) is 3.03. The zero-order chi connectivity index (χ0) is 26.5. The van der Waals surface area contributed by atoms with Gasteiger partial charge in [0, 0.05) is 0 Å². The Hall–Kier alpha value is -5.20. The van der Waals surface area contributed by atoms with E-state index in [0.717, 1.165) is 0 Å². The molecule has 0 saturated heterocycles. The van der Waals surface area contributed by atoms with Crippen molar-refractivity contribution in [2.24, 2.45) is 0 Å². The second-order valence-corrected chi connectivity index (χ2v) is 10.6. The molecule has 0 amide bonds. The third-order valence-corrected chi connectivity index (χ3v) is 8.18. The normalized spacial score (nSPS) is 11.5. The Morgan fingerprint density at radius 2 is 0.575 bits per heavy atom. The summed E-state index contributed by atoms with van der Waals surface area (Å²) in [4.78, 5) is 0. The van der Waals surface area contributed by atoms with Crippen LogP contribution in [0, 0.1) is 0 Å². The first-order valence-corrected chi connectivity index (χ1v) is 13.8. The lowest BCUT2D eigenvalue weighted by atomic mass is 9.88. The van der Waals surface area contributed by atoms with Crippen LogP contribution in [0.5, 0.6) is 0 Å². The van der Waals surface area contributed by atoms with Gasteiger partial charge in [-0.15, -0.1) is 0 Å². The molecule has 0 aliphatic rings. The Bertz CT molecular complexity index is 2060. The van der Waals surface area contributed by atoms with Crippen molar-refractivity contribution in [1.82, 2.24) is 0 Å². The largest absolute Gasteiger partial charge is 0.0616 e.